The third-order valence-electron chi connectivity index (χ3n) is 3.65. The minimum absolute atomic E-state index is 0.0600. The smallest absolute Gasteiger partial charge is 0.247 e. The number of rotatable bonds is 7. The summed E-state index contributed by atoms with van der Waals surface area (Å²) in [5.74, 6) is -0.0600. The number of hydrogen-bond donors (Lipinski definition) is 2. The molecule has 0 aromatic carbocycles. The second-order valence-electron chi connectivity index (χ2n) is 5.47. The number of nitrogens with two attached hydrogens (primary N) is 1. The van der Waals surface area contributed by atoms with Crippen molar-refractivity contribution in [2.45, 2.75) is 43.2 Å². The molecule has 0 unspecified atom stereocenters. The molecule has 0 bridgehead atoms. The number of thiophene rings is 1. The van der Waals surface area contributed by atoms with E-state index in [2.05, 4.69) is 12.2 Å². The van der Waals surface area contributed by atoms with E-state index in [1.165, 1.54) is 18.9 Å². The second kappa shape index (κ2) is 5.83. The van der Waals surface area contributed by atoms with E-state index in [1.807, 2.05) is 0 Å². The molecule has 112 valence electrons. The minimum atomic E-state index is -3.66. The SMILES string of the molecule is CCCC1(CNC(=O)Cc2ccc(S(N)(=O)=O)s2)CC1. The predicted molar refractivity (Wildman–Crippen MR) is 79.0 cm³/mol. The summed E-state index contributed by atoms with van der Waals surface area (Å²) in [5.41, 5.74) is 0.325. The van der Waals surface area contributed by atoms with Crippen molar-refractivity contribution >= 4 is 27.3 Å². The first-order valence-electron chi connectivity index (χ1n) is 6.73. The van der Waals surface area contributed by atoms with Gasteiger partial charge in [0, 0.05) is 11.4 Å². The fourth-order valence-corrected chi connectivity index (χ4v) is 4.11. The normalized spacial score (nSPS) is 16.9. The summed E-state index contributed by atoms with van der Waals surface area (Å²) in [6.45, 7) is 2.88. The van der Waals surface area contributed by atoms with Crippen LogP contribution < -0.4 is 10.5 Å². The first-order valence-corrected chi connectivity index (χ1v) is 9.09. The van der Waals surface area contributed by atoms with Crippen LogP contribution in [0.5, 0.6) is 0 Å². The van der Waals surface area contributed by atoms with E-state index >= 15 is 0 Å². The molecule has 1 fully saturated rings. The lowest BCUT2D eigenvalue weighted by Crippen LogP contribution is -2.31. The van der Waals surface area contributed by atoms with Crippen LogP contribution in [0.4, 0.5) is 0 Å². The average molecular weight is 316 g/mol. The molecule has 1 saturated carbocycles. The van der Waals surface area contributed by atoms with E-state index in [0.29, 0.717) is 10.3 Å². The lowest BCUT2D eigenvalue weighted by Gasteiger charge is -2.14. The molecule has 5 nitrogen and oxygen atoms in total. The van der Waals surface area contributed by atoms with E-state index in [9.17, 15) is 13.2 Å². The molecular weight excluding hydrogens is 296 g/mol. The molecule has 3 N–H and O–H groups in total. The van der Waals surface area contributed by atoms with Crippen LogP contribution in [0.2, 0.25) is 0 Å². The highest BCUT2D eigenvalue weighted by molar-refractivity contribution is 7.91. The molecule has 1 amide bonds. The topological polar surface area (TPSA) is 89.3 Å². The minimum Gasteiger partial charge on any atom is -0.355 e. The molecule has 1 aliphatic rings. The van der Waals surface area contributed by atoms with Crippen molar-refractivity contribution < 1.29 is 13.2 Å². The van der Waals surface area contributed by atoms with E-state index in [1.54, 1.807) is 6.07 Å². The Balaban J connectivity index is 1.84. The first-order chi connectivity index (χ1) is 9.35. The molecule has 7 heteroatoms. The zero-order valence-corrected chi connectivity index (χ0v) is 13.1. The fourth-order valence-electron chi connectivity index (χ4n) is 2.34. The van der Waals surface area contributed by atoms with Gasteiger partial charge in [-0.05, 0) is 36.8 Å². The van der Waals surface area contributed by atoms with Crippen LogP contribution in [0.1, 0.15) is 37.5 Å². The van der Waals surface area contributed by atoms with Crippen LogP contribution in [0, 0.1) is 5.41 Å². The molecule has 0 saturated heterocycles. The van der Waals surface area contributed by atoms with Gasteiger partial charge >= 0.3 is 0 Å². The lowest BCUT2D eigenvalue weighted by atomic mass is 10.0. The Kier molecular flexibility index (Phi) is 4.51. The van der Waals surface area contributed by atoms with Crippen LogP contribution in [-0.4, -0.2) is 20.9 Å². The molecule has 2 rings (SSSR count). The van der Waals surface area contributed by atoms with Gasteiger partial charge in [-0.25, -0.2) is 13.6 Å². The van der Waals surface area contributed by atoms with Crippen LogP contribution >= 0.6 is 11.3 Å². The van der Waals surface area contributed by atoms with Gasteiger partial charge in [0.2, 0.25) is 15.9 Å². The van der Waals surface area contributed by atoms with E-state index in [4.69, 9.17) is 5.14 Å². The summed E-state index contributed by atoms with van der Waals surface area (Å²) in [5, 5.41) is 7.99. The predicted octanol–water partition coefficient (Wildman–Crippen LogP) is 1.63. The number of hydrogen-bond acceptors (Lipinski definition) is 4. The molecule has 0 aliphatic heterocycles. The standard InChI is InChI=1S/C13H20N2O3S2/c1-2-5-13(6-7-13)9-15-11(16)8-10-3-4-12(19-10)20(14,17)18/h3-4H,2,5-9H2,1H3,(H,15,16)(H2,14,17,18). The summed E-state index contributed by atoms with van der Waals surface area (Å²) in [7, 11) is -3.66. The van der Waals surface area contributed by atoms with Gasteiger partial charge in [0.1, 0.15) is 4.21 Å². The van der Waals surface area contributed by atoms with Gasteiger partial charge in [-0.15, -0.1) is 11.3 Å². The first kappa shape index (κ1) is 15.5. The van der Waals surface area contributed by atoms with Gasteiger partial charge in [-0.1, -0.05) is 13.3 Å². The number of amides is 1. The molecule has 1 aliphatic carbocycles. The van der Waals surface area contributed by atoms with E-state index < -0.39 is 10.0 Å². The van der Waals surface area contributed by atoms with Crippen molar-refractivity contribution in [1.82, 2.24) is 5.32 Å². The zero-order valence-electron chi connectivity index (χ0n) is 11.5. The maximum atomic E-state index is 11.9. The Labute approximate surface area is 123 Å². The van der Waals surface area contributed by atoms with Gasteiger partial charge in [0.15, 0.2) is 0 Å². The van der Waals surface area contributed by atoms with Crippen molar-refractivity contribution in [3.05, 3.63) is 17.0 Å². The van der Waals surface area contributed by atoms with Gasteiger partial charge < -0.3 is 5.32 Å². The van der Waals surface area contributed by atoms with Gasteiger partial charge in [0.05, 0.1) is 6.42 Å². The third-order valence-corrected chi connectivity index (χ3v) is 6.17. The Hall–Kier alpha value is -0.920. The Morgan fingerprint density at radius 3 is 2.65 bits per heavy atom. The quantitative estimate of drug-likeness (QED) is 0.801. The number of sulfonamides is 1. The van der Waals surface area contributed by atoms with Crippen LogP contribution in [0.25, 0.3) is 0 Å². The zero-order chi connectivity index (χ0) is 14.8. The summed E-state index contributed by atoms with van der Waals surface area (Å²) < 4.78 is 22.4. The molecule has 0 spiro atoms. The van der Waals surface area contributed by atoms with Crippen molar-refractivity contribution in [1.29, 1.82) is 0 Å². The summed E-state index contributed by atoms with van der Waals surface area (Å²) in [6.07, 6.45) is 4.88. The van der Waals surface area contributed by atoms with Crippen molar-refractivity contribution in [3.8, 4) is 0 Å². The molecule has 0 atom stereocenters. The van der Waals surface area contributed by atoms with Crippen LogP contribution in [-0.2, 0) is 21.2 Å². The second-order valence-corrected chi connectivity index (χ2v) is 8.43. The molecule has 0 radical (unpaired) electrons. The van der Waals surface area contributed by atoms with Crippen molar-refractivity contribution in [2.24, 2.45) is 10.6 Å². The number of primary sulfonamides is 1. The highest BCUT2D eigenvalue weighted by Crippen LogP contribution is 2.48. The number of carbonyl (C=O) groups is 1. The molecule has 1 aromatic heterocycles. The summed E-state index contributed by atoms with van der Waals surface area (Å²) >= 11 is 1.05. The monoisotopic (exact) mass is 316 g/mol. The van der Waals surface area contributed by atoms with E-state index in [0.717, 1.165) is 30.7 Å². The molecule has 1 aromatic rings. The summed E-state index contributed by atoms with van der Waals surface area (Å²) in [6, 6.07) is 3.09. The number of nitrogens with one attached hydrogen (secondary N) is 1. The Bertz CT molecular complexity index is 589. The van der Waals surface area contributed by atoms with Gasteiger partial charge in [-0.3, -0.25) is 4.79 Å². The molecule has 20 heavy (non-hydrogen) atoms. The fraction of sp³-hybridized carbons (Fsp3) is 0.615. The Morgan fingerprint density at radius 2 is 2.15 bits per heavy atom. The van der Waals surface area contributed by atoms with Gasteiger partial charge in [0.25, 0.3) is 0 Å². The van der Waals surface area contributed by atoms with Crippen molar-refractivity contribution in [3.63, 3.8) is 0 Å². The van der Waals surface area contributed by atoms with E-state index in [-0.39, 0.29) is 16.5 Å². The average Bonchev–Trinajstić information content (AvgIpc) is 2.94. The maximum Gasteiger partial charge on any atom is 0.247 e. The molecular formula is C13H20N2O3S2. The van der Waals surface area contributed by atoms with Crippen molar-refractivity contribution in [2.75, 3.05) is 6.54 Å². The van der Waals surface area contributed by atoms with Crippen LogP contribution in [0.3, 0.4) is 0 Å². The highest BCUT2D eigenvalue weighted by atomic mass is 32.2. The van der Waals surface area contributed by atoms with Crippen LogP contribution in [0.15, 0.2) is 16.3 Å². The molecule has 1 heterocycles. The van der Waals surface area contributed by atoms with Gasteiger partial charge in [-0.2, -0.15) is 0 Å². The lowest BCUT2D eigenvalue weighted by molar-refractivity contribution is -0.120. The largest absolute Gasteiger partial charge is 0.355 e. The Morgan fingerprint density at radius 1 is 1.45 bits per heavy atom. The highest BCUT2D eigenvalue weighted by Gasteiger charge is 2.41. The summed E-state index contributed by atoms with van der Waals surface area (Å²) in [4.78, 5) is 12.6. The third kappa shape index (κ3) is 4.04. The maximum absolute atomic E-state index is 11.9. The number of carbonyl (C=O) groups excluding carboxylic acids is 1.